The number of nitriles is 1. The van der Waals surface area contributed by atoms with Crippen molar-refractivity contribution >= 4 is 17.0 Å². The molecule has 1 aliphatic carbocycles. The summed E-state index contributed by atoms with van der Waals surface area (Å²) in [6.45, 7) is 0. The minimum absolute atomic E-state index is 0.735. The molecule has 0 aliphatic heterocycles. The van der Waals surface area contributed by atoms with E-state index in [9.17, 15) is 0 Å². The molecule has 2 aromatic rings. The predicted octanol–water partition coefficient (Wildman–Crippen LogP) is 3.00. The minimum atomic E-state index is 0.735. The minimum Gasteiger partial charge on any atom is -0.355 e. The van der Waals surface area contributed by atoms with Crippen LogP contribution in [0.2, 0.25) is 0 Å². The molecule has 1 N–H and O–H groups in total. The average Bonchev–Trinajstić information content (AvgIpc) is 2.66. The van der Waals surface area contributed by atoms with Gasteiger partial charge < -0.3 is 4.98 Å². The summed E-state index contributed by atoms with van der Waals surface area (Å²) >= 11 is 0. The summed E-state index contributed by atoms with van der Waals surface area (Å²) in [4.78, 5) is 3.37. The molecule has 0 amide bonds. The second-order valence-corrected chi connectivity index (χ2v) is 3.83. The molecule has 0 bridgehead atoms. The van der Waals surface area contributed by atoms with E-state index >= 15 is 0 Å². The highest BCUT2D eigenvalue weighted by Crippen LogP contribution is 2.28. The fraction of sp³-hybridized carbons (Fsp3) is 0.154. The van der Waals surface area contributed by atoms with Gasteiger partial charge in [0, 0.05) is 16.6 Å². The zero-order valence-electron chi connectivity index (χ0n) is 8.25. The van der Waals surface area contributed by atoms with Gasteiger partial charge in [0.1, 0.15) is 0 Å². The van der Waals surface area contributed by atoms with E-state index < -0.39 is 0 Å². The highest BCUT2D eigenvalue weighted by molar-refractivity contribution is 5.88. The first kappa shape index (κ1) is 8.31. The number of fused-ring (bicyclic) bond motifs is 3. The van der Waals surface area contributed by atoms with Crippen LogP contribution >= 0.6 is 0 Å². The Hall–Kier alpha value is -2.01. The summed E-state index contributed by atoms with van der Waals surface area (Å²) in [5.74, 6) is 0. The molecule has 2 nitrogen and oxygen atoms in total. The Kier molecular flexibility index (Phi) is 1.66. The molecular formula is C13H10N2. The van der Waals surface area contributed by atoms with Gasteiger partial charge in [0.15, 0.2) is 0 Å². The number of H-pyrrole nitrogens is 1. The first-order valence-corrected chi connectivity index (χ1v) is 5.10. The summed E-state index contributed by atoms with van der Waals surface area (Å²) < 4.78 is 0. The molecule has 1 aliphatic rings. The fourth-order valence-corrected chi connectivity index (χ4v) is 2.18. The lowest BCUT2D eigenvalue weighted by Crippen LogP contribution is -1.90. The van der Waals surface area contributed by atoms with Crippen molar-refractivity contribution in [1.29, 1.82) is 5.26 Å². The smallest absolute Gasteiger partial charge is 0.0991 e. The second kappa shape index (κ2) is 2.99. The quantitative estimate of drug-likeness (QED) is 0.688. The fourth-order valence-electron chi connectivity index (χ4n) is 2.18. The van der Waals surface area contributed by atoms with Gasteiger partial charge >= 0.3 is 0 Å². The third kappa shape index (κ3) is 1.17. The monoisotopic (exact) mass is 194 g/mol. The molecule has 2 heteroatoms. The zero-order valence-corrected chi connectivity index (χ0v) is 8.25. The molecule has 1 aromatic heterocycles. The first-order valence-electron chi connectivity index (χ1n) is 5.10. The number of aromatic amines is 1. The molecule has 0 atom stereocenters. The average molecular weight is 194 g/mol. The van der Waals surface area contributed by atoms with Crippen molar-refractivity contribution in [1.82, 2.24) is 4.98 Å². The van der Waals surface area contributed by atoms with Gasteiger partial charge in [0.25, 0.3) is 0 Å². The van der Waals surface area contributed by atoms with Gasteiger partial charge in [-0.05, 0) is 42.7 Å². The van der Waals surface area contributed by atoms with Crippen LogP contribution in [0.15, 0.2) is 24.3 Å². The first-order chi connectivity index (χ1) is 7.38. The van der Waals surface area contributed by atoms with E-state index in [1.165, 1.54) is 16.6 Å². The third-order valence-corrected chi connectivity index (χ3v) is 2.91. The maximum Gasteiger partial charge on any atom is 0.0991 e. The van der Waals surface area contributed by atoms with Crippen molar-refractivity contribution in [3.05, 3.63) is 41.1 Å². The van der Waals surface area contributed by atoms with Crippen molar-refractivity contribution in [2.45, 2.75) is 12.8 Å². The lowest BCUT2D eigenvalue weighted by atomic mass is 10.00. The molecule has 0 fully saturated rings. The Morgan fingerprint density at radius 1 is 1.33 bits per heavy atom. The molecule has 0 unspecified atom stereocenters. The summed E-state index contributed by atoms with van der Waals surface area (Å²) in [6, 6.07) is 8.00. The van der Waals surface area contributed by atoms with E-state index in [0.29, 0.717) is 0 Å². The van der Waals surface area contributed by atoms with Gasteiger partial charge in [-0.1, -0.05) is 6.08 Å². The summed E-state index contributed by atoms with van der Waals surface area (Å²) in [5, 5.41) is 10.1. The number of aryl methyl sites for hydroxylation is 1. The Bertz CT molecular complexity index is 597. The number of aromatic nitrogens is 1. The lowest BCUT2D eigenvalue weighted by molar-refractivity contribution is 0.992. The molecular weight excluding hydrogens is 184 g/mol. The number of benzene rings is 1. The standard InChI is InChI=1S/C13H10N2/c14-8-9-5-6-13-11(7-9)10-3-1-2-4-12(10)15-13/h2,4-7,15H,1,3H2. The molecule has 1 aromatic carbocycles. The molecule has 3 rings (SSSR count). The Labute approximate surface area is 87.8 Å². The normalized spacial score (nSPS) is 13.8. The number of hydrogen-bond acceptors (Lipinski definition) is 1. The number of nitrogens with one attached hydrogen (secondary N) is 1. The van der Waals surface area contributed by atoms with Crippen LogP contribution in [-0.2, 0) is 6.42 Å². The third-order valence-electron chi connectivity index (χ3n) is 2.91. The van der Waals surface area contributed by atoms with Crippen LogP contribution in [-0.4, -0.2) is 4.98 Å². The van der Waals surface area contributed by atoms with E-state index in [1.807, 2.05) is 18.2 Å². The second-order valence-electron chi connectivity index (χ2n) is 3.83. The van der Waals surface area contributed by atoms with E-state index in [-0.39, 0.29) is 0 Å². The van der Waals surface area contributed by atoms with Crippen LogP contribution in [0.1, 0.15) is 23.2 Å². The van der Waals surface area contributed by atoms with Crippen LogP contribution in [0.4, 0.5) is 0 Å². The van der Waals surface area contributed by atoms with Crippen LogP contribution in [0.5, 0.6) is 0 Å². The molecule has 72 valence electrons. The highest BCUT2D eigenvalue weighted by Gasteiger charge is 2.11. The number of hydrogen-bond donors (Lipinski definition) is 1. The number of rotatable bonds is 0. The van der Waals surface area contributed by atoms with Crippen LogP contribution < -0.4 is 0 Å². The topological polar surface area (TPSA) is 39.6 Å². The van der Waals surface area contributed by atoms with E-state index in [4.69, 9.17) is 5.26 Å². The largest absolute Gasteiger partial charge is 0.355 e. The van der Waals surface area contributed by atoms with Gasteiger partial charge in [-0.25, -0.2) is 0 Å². The van der Waals surface area contributed by atoms with Crippen LogP contribution in [0.3, 0.4) is 0 Å². The Morgan fingerprint density at radius 2 is 2.27 bits per heavy atom. The van der Waals surface area contributed by atoms with Crippen molar-refractivity contribution in [2.24, 2.45) is 0 Å². The van der Waals surface area contributed by atoms with Gasteiger partial charge in [0.2, 0.25) is 0 Å². The highest BCUT2D eigenvalue weighted by atomic mass is 14.7. The van der Waals surface area contributed by atoms with Gasteiger partial charge in [-0.2, -0.15) is 5.26 Å². The Morgan fingerprint density at radius 3 is 3.13 bits per heavy atom. The number of allylic oxidation sites excluding steroid dienone is 1. The van der Waals surface area contributed by atoms with Crippen LogP contribution in [0.25, 0.3) is 17.0 Å². The van der Waals surface area contributed by atoms with E-state index in [2.05, 4.69) is 23.2 Å². The summed E-state index contributed by atoms with van der Waals surface area (Å²) in [6.07, 6.45) is 6.48. The molecule has 0 spiro atoms. The van der Waals surface area contributed by atoms with Gasteiger partial charge in [-0.3, -0.25) is 0 Å². The van der Waals surface area contributed by atoms with Crippen molar-refractivity contribution in [2.75, 3.05) is 0 Å². The predicted molar refractivity (Wildman–Crippen MR) is 60.4 cm³/mol. The summed E-state index contributed by atoms with van der Waals surface area (Å²) in [5.41, 5.74) is 4.42. The molecule has 1 heterocycles. The van der Waals surface area contributed by atoms with Crippen molar-refractivity contribution < 1.29 is 0 Å². The zero-order chi connectivity index (χ0) is 10.3. The number of nitrogens with zero attached hydrogens (tertiary/aromatic N) is 1. The van der Waals surface area contributed by atoms with E-state index in [1.54, 1.807) is 0 Å². The maximum atomic E-state index is 8.86. The SMILES string of the molecule is N#Cc1ccc2[nH]c3c(c2c1)CCC=C3. The van der Waals surface area contributed by atoms with Crippen LogP contribution in [0, 0.1) is 11.3 Å². The van der Waals surface area contributed by atoms with E-state index in [0.717, 1.165) is 23.9 Å². The maximum absolute atomic E-state index is 8.86. The molecule has 0 radical (unpaired) electrons. The van der Waals surface area contributed by atoms with Crippen molar-refractivity contribution in [3.63, 3.8) is 0 Å². The lowest BCUT2D eigenvalue weighted by Gasteiger charge is -2.03. The van der Waals surface area contributed by atoms with Gasteiger partial charge in [0.05, 0.1) is 11.6 Å². The van der Waals surface area contributed by atoms with Gasteiger partial charge in [-0.15, -0.1) is 0 Å². The summed E-state index contributed by atoms with van der Waals surface area (Å²) in [7, 11) is 0. The van der Waals surface area contributed by atoms with Crippen molar-refractivity contribution in [3.8, 4) is 6.07 Å². The molecule has 0 saturated heterocycles. The molecule has 15 heavy (non-hydrogen) atoms. The molecule has 0 saturated carbocycles. The Balaban J connectivity index is 2.36.